The molecule has 0 aliphatic carbocycles. The highest BCUT2D eigenvalue weighted by molar-refractivity contribution is 6.04. The Balaban J connectivity index is 1.68. The Bertz CT molecular complexity index is 917. The van der Waals surface area contributed by atoms with Crippen molar-refractivity contribution in [3.05, 3.63) is 36.2 Å². The molecule has 2 aliphatic heterocycles. The molecule has 0 unspecified atom stereocenters. The van der Waals surface area contributed by atoms with Crippen LogP contribution in [0.3, 0.4) is 0 Å². The van der Waals surface area contributed by atoms with Gasteiger partial charge in [0.05, 0.1) is 17.6 Å². The Hall–Kier alpha value is -3.18. The first-order valence-corrected chi connectivity index (χ1v) is 9.36. The Morgan fingerprint density at radius 2 is 2.04 bits per heavy atom. The third-order valence-electron chi connectivity index (χ3n) is 5.30. The van der Waals surface area contributed by atoms with E-state index >= 15 is 0 Å². The van der Waals surface area contributed by atoms with E-state index in [1.165, 1.54) is 0 Å². The van der Waals surface area contributed by atoms with E-state index in [1.807, 2.05) is 25.1 Å². The molecule has 28 heavy (non-hydrogen) atoms. The second-order valence-electron chi connectivity index (χ2n) is 7.03. The predicted molar refractivity (Wildman–Crippen MR) is 106 cm³/mol. The molecular formula is C20H22N6O2. The van der Waals surface area contributed by atoms with E-state index in [1.54, 1.807) is 30.3 Å². The number of hydrogen-bond donors (Lipinski definition) is 1. The molecule has 0 bridgehead atoms. The smallest absolute Gasteiger partial charge is 0.249 e. The van der Waals surface area contributed by atoms with Gasteiger partial charge in [-0.25, -0.2) is 9.97 Å². The van der Waals surface area contributed by atoms with Gasteiger partial charge in [-0.05, 0) is 44.0 Å². The summed E-state index contributed by atoms with van der Waals surface area (Å²) in [7, 11) is 1.79. The molecule has 1 fully saturated rings. The van der Waals surface area contributed by atoms with Crippen LogP contribution in [-0.4, -0.2) is 48.2 Å². The first-order chi connectivity index (χ1) is 13.6. The van der Waals surface area contributed by atoms with E-state index in [-0.39, 0.29) is 18.0 Å². The maximum absolute atomic E-state index is 12.8. The molecule has 0 spiro atoms. The number of carbonyl (C=O) groups excluding carboxylic acids is 1. The Labute approximate surface area is 163 Å². The molecule has 1 atom stereocenters. The summed E-state index contributed by atoms with van der Waals surface area (Å²) in [4.78, 5) is 25.5. The first-order valence-electron chi connectivity index (χ1n) is 9.36. The molecule has 144 valence electrons. The van der Waals surface area contributed by atoms with Crippen LogP contribution >= 0.6 is 0 Å². The summed E-state index contributed by atoms with van der Waals surface area (Å²) < 4.78 is 5.50. The lowest BCUT2D eigenvalue weighted by atomic mass is 10.0. The van der Waals surface area contributed by atoms with Gasteiger partial charge in [-0.2, -0.15) is 5.26 Å². The molecular weight excluding hydrogens is 356 g/mol. The summed E-state index contributed by atoms with van der Waals surface area (Å²) in [6, 6.07) is 9.16. The van der Waals surface area contributed by atoms with Crippen molar-refractivity contribution >= 4 is 28.9 Å². The molecule has 2 aliphatic rings. The first kappa shape index (κ1) is 18.2. The molecule has 1 N–H and O–H groups in total. The molecule has 0 radical (unpaired) electrons. The van der Waals surface area contributed by atoms with Crippen molar-refractivity contribution in [2.45, 2.75) is 31.8 Å². The number of carbonyl (C=O) groups is 1. The second-order valence-corrected chi connectivity index (χ2v) is 7.03. The quantitative estimate of drug-likeness (QED) is 0.876. The lowest BCUT2D eigenvalue weighted by Gasteiger charge is -2.44. The number of hydrogen-bond acceptors (Lipinski definition) is 7. The number of amides is 1. The van der Waals surface area contributed by atoms with Gasteiger partial charge in [0.1, 0.15) is 23.6 Å². The normalized spacial score (nSPS) is 19.9. The lowest BCUT2D eigenvalue weighted by molar-refractivity contribution is -0.119. The van der Waals surface area contributed by atoms with Gasteiger partial charge in [-0.3, -0.25) is 4.79 Å². The number of anilines is 4. The Morgan fingerprint density at radius 3 is 2.71 bits per heavy atom. The van der Waals surface area contributed by atoms with Crippen LogP contribution in [-0.2, 0) is 9.53 Å². The summed E-state index contributed by atoms with van der Waals surface area (Å²) in [5.74, 6) is 1.53. The Kier molecular flexibility index (Phi) is 4.84. The summed E-state index contributed by atoms with van der Waals surface area (Å²) in [5.41, 5.74) is 1.92. The molecule has 2 aromatic rings. The van der Waals surface area contributed by atoms with Crippen molar-refractivity contribution in [2.24, 2.45) is 0 Å². The fraction of sp³-hybridized carbons (Fsp3) is 0.400. The number of aromatic nitrogens is 2. The maximum Gasteiger partial charge on any atom is 0.249 e. The van der Waals surface area contributed by atoms with Gasteiger partial charge >= 0.3 is 0 Å². The molecule has 2 aromatic heterocycles. The molecule has 8 heteroatoms. The number of nitrogens with zero attached hydrogens (tertiary/aromatic N) is 5. The maximum atomic E-state index is 12.8. The highest BCUT2D eigenvalue weighted by Gasteiger charge is 2.39. The molecule has 0 aromatic carbocycles. The van der Waals surface area contributed by atoms with E-state index in [2.05, 4.69) is 15.2 Å². The Morgan fingerprint density at radius 1 is 1.25 bits per heavy atom. The molecule has 1 saturated heterocycles. The minimum atomic E-state index is -0.278. The van der Waals surface area contributed by atoms with Crippen LogP contribution in [0.4, 0.5) is 23.0 Å². The number of pyridine rings is 2. The van der Waals surface area contributed by atoms with Crippen LogP contribution in [0, 0.1) is 11.3 Å². The minimum Gasteiger partial charge on any atom is -0.381 e. The summed E-state index contributed by atoms with van der Waals surface area (Å²) >= 11 is 0. The van der Waals surface area contributed by atoms with Crippen LogP contribution in [0.15, 0.2) is 30.5 Å². The van der Waals surface area contributed by atoms with Crippen LogP contribution in [0.25, 0.3) is 0 Å². The van der Waals surface area contributed by atoms with Crippen molar-refractivity contribution in [3.63, 3.8) is 0 Å². The van der Waals surface area contributed by atoms with Crippen LogP contribution in [0.2, 0.25) is 0 Å². The average Bonchev–Trinajstić information content (AvgIpc) is 2.73. The van der Waals surface area contributed by atoms with Gasteiger partial charge in [0.2, 0.25) is 5.91 Å². The standard InChI is InChI=1S/C20H22N6O2/c1-13-20(27)25(2)17-5-6-18(23-15-4-3-14(11-21)22-12-15)24-19(17)26(13)16-7-9-28-10-8-16/h3-6,12-13,16H,7-10H2,1-2H3,(H,23,24)/t13-/m0/s1. The minimum absolute atomic E-state index is 0.0674. The highest BCUT2D eigenvalue weighted by Crippen LogP contribution is 2.38. The summed E-state index contributed by atoms with van der Waals surface area (Å²) in [5, 5.41) is 12.1. The third-order valence-corrected chi connectivity index (χ3v) is 5.30. The number of likely N-dealkylation sites (N-methyl/N-ethyl adjacent to an activating group) is 1. The number of ether oxygens (including phenoxy) is 1. The highest BCUT2D eigenvalue weighted by atomic mass is 16.5. The third kappa shape index (κ3) is 3.25. The fourth-order valence-corrected chi connectivity index (χ4v) is 3.80. The number of rotatable bonds is 3. The van der Waals surface area contributed by atoms with Gasteiger partial charge < -0.3 is 19.9 Å². The number of fused-ring (bicyclic) bond motifs is 1. The number of nitrogens with one attached hydrogen (secondary N) is 1. The molecule has 1 amide bonds. The topological polar surface area (TPSA) is 94.4 Å². The molecule has 8 nitrogen and oxygen atoms in total. The predicted octanol–water partition coefficient (Wildman–Crippen LogP) is 2.44. The number of nitriles is 1. The average molecular weight is 378 g/mol. The summed E-state index contributed by atoms with van der Waals surface area (Å²) in [6.45, 7) is 3.33. The molecule has 4 heterocycles. The van der Waals surface area contributed by atoms with Crippen LogP contribution < -0.4 is 15.1 Å². The zero-order valence-electron chi connectivity index (χ0n) is 15.9. The second kappa shape index (κ2) is 7.44. The van der Waals surface area contributed by atoms with Gasteiger partial charge in [-0.15, -0.1) is 0 Å². The molecule has 4 rings (SSSR count). The van der Waals surface area contributed by atoms with Gasteiger partial charge in [0, 0.05) is 26.3 Å². The van der Waals surface area contributed by atoms with Crippen molar-refractivity contribution in [3.8, 4) is 6.07 Å². The van der Waals surface area contributed by atoms with Crippen molar-refractivity contribution in [1.29, 1.82) is 5.26 Å². The van der Waals surface area contributed by atoms with Crippen molar-refractivity contribution < 1.29 is 9.53 Å². The fourth-order valence-electron chi connectivity index (χ4n) is 3.80. The van der Waals surface area contributed by atoms with E-state index in [4.69, 9.17) is 15.0 Å². The largest absolute Gasteiger partial charge is 0.381 e. The van der Waals surface area contributed by atoms with Crippen LogP contribution in [0.1, 0.15) is 25.5 Å². The van der Waals surface area contributed by atoms with Crippen molar-refractivity contribution in [1.82, 2.24) is 9.97 Å². The molecule has 0 saturated carbocycles. The van der Waals surface area contributed by atoms with Gasteiger partial charge in [0.25, 0.3) is 0 Å². The van der Waals surface area contributed by atoms with E-state index in [9.17, 15) is 4.79 Å². The SMILES string of the molecule is C[C@H]1C(=O)N(C)c2ccc(Nc3ccc(C#N)nc3)nc2N1C1CCOCC1. The van der Waals surface area contributed by atoms with E-state index in [0.29, 0.717) is 24.7 Å². The van der Waals surface area contributed by atoms with E-state index in [0.717, 1.165) is 30.0 Å². The summed E-state index contributed by atoms with van der Waals surface area (Å²) in [6.07, 6.45) is 3.35. The lowest BCUT2D eigenvalue weighted by Crippen LogP contribution is -2.56. The monoisotopic (exact) mass is 378 g/mol. The van der Waals surface area contributed by atoms with Crippen LogP contribution in [0.5, 0.6) is 0 Å². The zero-order chi connectivity index (χ0) is 19.7. The van der Waals surface area contributed by atoms with Gasteiger partial charge in [-0.1, -0.05) is 0 Å². The zero-order valence-corrected chi connectivity index (χ0v) is 15.9. The van der Waals surface area contributed by atoms with Crippen molar-refractivity contribution in [2.75, 3.05) is 35.4 Å². The van der Waals surface area contributed by atoms with Gasteiger partial charge in [0.15, 0.2) is 5.82 Å². The van der Waals surface area contributed by atoms with E-state index < -0.39 is 0 Å².